The summed E-state index contributed by atoms with van der Waals surface area (Å²) in [5, 5.41) is 0.375. The van der Waals surface area contributed by atoms with E-state index in [2.05, 4.69) is 23.7 Å². The zero-order valence-electron chi connectivity index (χ0n) is 16.6. The highest BCUT2D eigenvalue weighted by Crippen LogP contribution is 2.32. The Kier molecular flexibility index (Phi) is 8.07. The molecule has 0 saturated carbocycles. The highest BCUT2D eigenvalue weighted by atomic mass is 35.5. The van der Waals surface area contributed by atoms with Gasteiger partial charge in [-0.2, -0.15) is 0 Å². The number of hydrogen-bond donors (Lipinski definition) is 0. The van der Waals surface area contributed by atoms with Gasteiger partial charge in [-0.3, -0.25) is 9.69 Å². The van der Waals surface area contributed by atoms with Gasteiger partial charge in [-0.05, 0) is 37.7 Å². The number of aromatic nitrogens is 1. The Morgan fingerprint density at radius 3 is 2.45 bits per heavy atom. The van der Waals surface area contributed by atoms with E-state index in [-0.39, 0.29) is 23.8 Å². The van der Waals surface area contributed by atoms with Crippen LogP contribution in [-0.2, 0) is 0 Å². The van der Waals surface area contributed by atoms with Crippen LogP contribution in [0.1, 0.15) is 29.8 Å². The molecule has 0 spiro atoms. The molecule has 4 nitrogen and oxygen atoms in total. The van der Waals surface area contributed by atoms with Gasteiger partial charge in [0, 0.05) is 24.7 Å². The van der Waals surface area contributed by atoms with Crippen molar-refractivity contribution in [2.24, 2.45) is 0 Å². The quantitative estimate of drug-likeness (QED) is 0.501. The second-order valence-electron chi connectivity index (χ2n) is 6.53. The maximum atomic E-state index is 14.1. The molecule has 156 valence electrons. The van der Waals surface area contributed by atoms with Crippen molar-refractivity contribution in [2.75, 3.05) is 31.1 Å². The molecule has 0 radical (unpaired) electrons. The number of likely N-dealkylation sites (N-methyl/N-ethyl adjacent to an activating group) is 1. The van der Waals surface area contributed by atoms with Crippen molar-refractivity contribution in [3.63, 3.8) is 0 Å². The number of amides is 1. The van der Waals surface area contributed by atoms with Gasteiger partial charge in [0.2, 0.25) is 0 Å². The zero-order chi connectivity index (χ0) is 20.3. The molecule has 29 heavy (non-hydrogen) atoms. The van der Waals surface area contributed by atoms with Crippen molar-refractivity contribution in [1.82, 2.24) is 9.88 Å². The van der Waals surface area contributed by atoms with Gasteiger partial charge in [0.05, 0.1) is 4.70 Å². The molecule has 0 saturated heterocycles. The third kappa shape index (κ3) is 5.10. The molecule has 0 aliphatic heterocycles. The fourth-order valence-electron chi connectivity index (χ4n) is 3.08. The molecular weight excluding hydrogens is 416 g/mol. The largest absolute Gasteiger partial charge is 0.302 e. The van der Waals surface area contributed by atoms with E-state index in [1.165, 1.54) is 6.07 Å². The molecule has 2 aromatic carbocycles. The van der Waals surface area contributed by atoms with Crippen LogP contribution < -0.4 is 4.90 Å². The Morgan fingerprint density at radius 1 is 1.10 bits per heavy atom. The summed E-state index contributed by atoms with van der Waals surface area (Å²) in [7, 11) is 0. The third-order valence-corrected chi connectivity index (χ3v) is 5.81. The first kappa shape index (κ1) is 23.2. The molecule has 3 rings (SSSR count). The number of benzene rings is 2. The van der Waals surface area contributed by atoms with Crippen LogP contribution in [-0.4, -0.2) is 42.0 Å². The predicted molar refractivity (Wildman–Crippen MR) is 117 cm³/mol. The Hall–Kier alpha value is -2.09. The minimum Gasteiger partial charge on any atom is -0.302 e. The first-order valence-corrected chi connectivity index (χ1v) is 10.1. The van der Waals surface area contributed by atoms with Crippen LogP contribution in [0.2, 0.25) is 0 Å². The highest BCUT2D eigenvalue weighted by Gasteiger charge is 2.24. The number of carbonyl (C=O) groups excluding carboxylic acids is 1. The summed E-state index contributed by atoms with van der Waals surface area (Å²) in [5.74, 6) is -1.56. The standard InChI is InChI=1S/C21H23F2N3OS.ClH/c1-4-25(5-2)10-11-26(20(27)16-9-7-6-8-14(16)3)21-24-19-17(23)12-15(22)13-18(19)28-21;/h6-9,12-13H,4-5,10-11H2,1-3H3;1H. The van der Waals surface area contributed by atoms with E-state index < -0.39 is 11.6 Å². The lowest BCUT2D eigenvalue weighted by Gasteiger charge is -2.25. The minimum atomic E-state index is -0.718. The molecule has 8 heteroatoms. The Balaban J connectivity index is 0.00000300. The molecular formula is C21H24ClF2N3OS. The second-order valence-corrected chi connectivity index (χ2v) is 7.54. The van der Waals surface area contributed by atoms with E-state index >= 15 is 0 Å². The Morgan fingerprint density at radius 2 is 1.79 bits per heavy atom. The van der Waals surface area contributed by atoms with Gasteiger partial charge < -0.3 is 4.90 Å². The number of rotatable bonds is 7. The summed E-state index contributed by atoms with van der Waals surface area (Å²) in [5.41, 5.74) is 1.53. The van der Waals surface area contributed by atoms with Crippen LogP contribution in [0.3, 0.4) is 0 Å². The van der Waals surface area contributed by atoms with Gasteiger partial charge in [0.15, 0.2) is 10.9 Å². The van der Waals surface area contributed by atoms with Gasteiger partial charge in [-0.15, -0.1) is 12.4 Å². The number of thiazole rings is 1. The number of carbonyl (C=O) groups is 1. The molecule has 0 fully saturated rings. The number of aryl methyl sites for hydroxylation is 1. The Bertz CT molecular complexity index is 991. The average molecular weight is 440 g/mol. The molecule has 3 aromatic rings. The maximum Gasteiger partial charge on any atom is 0.260 e. The first-order chi connectivity index (χ1) is 13.4. The number of nitrogens with zero attached hydrogens (tertiary/aromatic N) is 3. The Labute approximate surface area is 179 Å². The van der Waals surface area contributed by atoms with Crippen molar-refractivity contribution in [2.45, 2.75) is 20.8 Å². The predicted octanol–water partition coefficient (Wildman–Crippen LogP) is 5.29. The SMILES string of the molecule is CCN(CC)CCN(C(=O)c1ccccc1C)c1nc2c(F)cc(F)cc2s1.Cl. The van der Waals surface area contributed by atoms with Crippen molar-refractivity contribution >= 4 is 45.0 Å². The van der Waals surface area contributed by atoms with Gasteiger partial charge >= 0.3 is 0 Å². The lowest BCUT2D eigenvalue weighted by atomic mass is 10.1. The molecule has 1 amide bonds. The van der Waals surface area contributed by atoms with E-state index in [0.717, 1.165) is 36.1 Å². The maximum absolute atomic E-state index is 14.1. The summed E-state index contributed by atoms with van der Waals surface area (Å²) in [6, 6.07) is 9.41. The van der Waals surface area contributed by atoms with Crippen molar-refractivity contribution in [3.05, 3.63) is 59.2 Å². The van der Waals surface area contributed by atoms with Crippen LogP contribution in [0.15, 0.2) is 36.4 Å². The fourth-order valence-corrected chi connectivity index (χ4v) is 4.11. The van der Waals surface area contributed by atoms with Crippen LogP contribution in [0.5, 0.6) is 0 Å². The van der Waals surface area contributed by atoms with E-state index in [9.17, 15) is 13.6 Å². The summed E-state index contributed by atoms with van der Waals surface area (Å²) >= 11 is 1.12. The molecule has 0 unspecified atom stereocenters. The summed E-state index contributed by atoms with van der Waals surface area (Å²) < 4.78 is 28.1. The monoisotopic (exact) mass is 439 g/mol. The molecule has 1 heterocycles. The van der Waals surface area contributed by atoms with E-state index in [0.29, 0.717) is 28.5 Å². The van der Waals surface area contributed by atoms with Gasteiger partial charge in [-0.1, -0.05) is 43.4 Å². The normalized spacial score (nSPS) is 11.0. The third-order valence-electron chi connectivity index (χ3n) is 4.79. The molecule has 0 atom stereocenters. The van der Waals surface area contributed by atoms with Gasteiger partial charge in [0.1, 0.15) is 11.3 Å². The summed E-state index contributed by atoms with van der Waals surface area (Å²) in [6.45, 7) is 8.81. The van der Waals surface area contributed by atoms with Gasteiger partial charge in [-0.25, -0.2) is 13.8 Å². The molecule has 0 aliphatic rings. The minimum absolute atomic E-state index is 0. The fraction of sp³-hybridized carbons (Fsp3) is 0.333. The van der Waals surface area contributed by atoms with Crippen LogP contribution in [0.25, 0.3) is 10.2 Å². The van der Waals surface area contributed by atoms with Crippen molar-refractivity contribution in [1.29, 1.82) is 0 Å². The van der Waals surface area contributed by atoms with Gasteiger partial charge in [0.25, 0.3) is 5.91 Å². The number of anilines is 1. The van der Waals surface area contributed by atoms with Crippen LogP contribution in [0, 0.1) is 18.6 Å². The van der Waals surface area contributed by atoms with Crippen LogP contribution >= 0.6 is 23.7 Å². The van der Waals surface area contributed by atoms with E-state index in [1.54, 1.807) is 11.0 Å². The number of halogens is 3. The second kappa shape index (κ2) is 10.1. The topological polar surface area (TPSA) is 36.4 Å². The lowest BCUT2D eigenvalue weighted by molar-refractivity contribution is 0.0983. The molecule has 0 aliphatic carbocycles. The van der Waals surface area contributed by atoms with Crippen LogP contribution in [0.4, 0.5) is 13.9 Å². The summed E-state index contributed by atoms with van der Waals surface area (Å²) in [4.78, 5) is 21.4. The molecule has 0 bridgehead atoms. The van der Waals surface area contributed by atoms with E-state index in [1.807, 2.05) is 25.1 Å². The first-order valence-electron chi connectivity index (χ1n) is 9.30. The highest BCUT2D eigenvalue weighted by molar-refractivity contribution is 7.22. The average Bonchev–Trinajstić information content (AvgIpc) is 3.09. The molecule has 0 N–H and O–H groups in total. The summed E-state index contributed by atoms with van der Waals surface area (Å²) in [6.07, 6.45) is 0. The number of hydrogen-bond acceptors (Lipinski definition) is 4. The van der Waals surface area contributed by atoms with Crippen molar-refractivity contribution in [3.8, 4) is 0 Å². The van der Waals surface area contributed by atoms with Crippen molar-refractivity contribution < 1.29 is 13.6 Å². The number of fused-ring (bicyclic) bond motifs is 1. The van der Waals surface area contributed by atoms with E-state index in [4.69, 9.17) is 0 Å². The zero-order valence-corrected chi connectivity index (χ0v) is 18.2. The lowest BCUT2D eigenvalue weighted by Crippen LogP contribution is -2.39. The molecule has 1 aromatic heterocycles. The smallest absolute Gasteiger partial charge is 0.260 e.